The van der Waals surface area contributed by atoms with Crippen molar-refractivity contribution in [2.75, 3.05) is 30.8 Å². The zero-order chi connectivity index (χ0) is 15.6. The number of aryl methyl sites for hydroxylation is 1. The highest BCUT2D eigenvalue weighted by Gasteiger charge is 2.45. The highest BCUT2D eigenvalue weighted by Crippen LogP contribution is 2.41. The third-order valence-electron chi connectivity index (χ3n) is 4.87. The fourth-order valence-electron chi connectivity index (χ4n) is 3.39. The van der Waals surface area contributed by atoms with E-state index in [0.29, 0.717) is 26.2 Å². The van der Waals surface area contributed by atoms with E-state index in [1.807, 2.05) is 25.1 Å². The Kier molecular flexibility index (Phi) is 4.30. The zero-order valence-electron chi connectivity index (χ0n) is 13.2. The molecular weight excluding hydrogens is 280 g/mol. The summed E-state index contributed by atoms with van der Waals surface area (Å²) in [6.45, 7) is 4.10. The lowest BCUT2D eigenvalue weighted by Crippen LogP contribution is -2.44. The van der Waals surface area contributed by atoms with Crippen molar-refractivity contribution in [3.05, 3.63) is 23.8 Å². The Balaban J connectivity index is 1.50. The van der Waals surface area contributed by atoms with Crippen molar-refractivity contribution in [3.63, 3.8) is 0 Å². The summed E-state index contributed by atoms with van der Waals surface area (Å²) in [6.07, 6.45) is 3.69. The molecule has 1 aliphatic heterocycles. The minimum Gasteiger partial charge on any atom is -0.397 e. The van der Waals surface area contributed by atoms with Crippen LogP contribution in [0.1, 0.15) is 37.7 Å². The van der Waals surface area contributed by atoms with Gasteiger partial charge in [0.15, 0.2) is 5.79 Å². The van der Waals surface area contributed by atoms with Crippen LogP contribution in [0.2, 0.25) is 0 Å². The minimum absolute atomic E-state index is 0.416. The molecular formula is C17H26N2O3. The zero-order valence-corrected chi connectivity index (χ0v) is 13.2. The number of hydrogen-bond acceptors (Lipinski definition) is 5. The van der Waals surface area contributed by atoms with E-state index in [-0.39, 0.29) is 0 Å². The van der Waals surface area contributed by atoms with Crippen molar-refractivity contribution in [1.82, 2.24) is 0 Å². The summed E-state index contributed by atoms with van der Waals surface area (Å²) in [7, 11) is 0. The van der Waals surface area contributed by atoms with E-state index >= 15 is 0 Å². The largest absolute Gasteiger partial charge is 0.397 e. The first-order chi connectivity index (χ1) is 10.5. The average molecular weight is 306 g/mol. The number of nitrogens with one attached hydrogen (secondary N) is 1. The molecule has 0 radical (unpaired) electrons. The molecule has 0 bridgehead atoms. The number of benzene rings is 1. The number of anilines is 2. The molecule has 1 saturated carbocycles. The van der Waals surface area contributed by atoms with Gasteiger partial charge in [-0.15, -0.1) is 0 Å². The Bertz CT molecular complexity index is 517. The third kappa shape index (κ3) is 3.37. The van der Waals surface area contributed by atoms with Crippen LogP contribution in [0.5, 0.6) is 0 Å². The molecule has 22 heavy (non-hydrogen) atoms. The van der Waals surface area contributed by atoms with Gasteiger partial charge in [-0.1, -0.05) is 6.07 Å². The lowest BCUT2D eigenvalue weighted by atomic mass is 9.79. The van der Waals surface area contributed by atoms with Crippen molar-refractivity contribution in [3.8, 4) is 0 Å². The normalized spacial score (nSPS) is 22.8. The molecule has 1 saturated heterocycles. The summed E-state index contributed by atoms with van der Waals surface area (Å²) < 4.78 is 11.4. The molecule has 5 heteroatoms. The van der Waals surface area contributed by atoms with Crippen molar-refractivity contribution in [1.29, 1.82) is 0 Å². The van der Waals surface area contributed by atoms with Gasteiger partial charge in [0.2, 0.25) is 0 Å². The highest BCUT2D eigenvalue weighted by molar-refractivity contribution is 5.66. The predicted octanol–water partition coefficient (Wildman–Crippen LogP) is 2.43. The summed E-state index contributed by atoms with van der Waals surface area (Å²) in [5.74, 6) is -0.416. The van der Waals surface area contributed by atoms with Gasteiger partial charge in [-0.3, -0.25) is 0 Å². The summed E-state index contributed by atoms with van der Waals surface area (Å²) in [6, 6.07) is 5.94. The SMILES string of the molecule is Cc1ccc(N)c(NCCC2(O)CCC3(CC2)OCCO3)c1. The Labute approximate surface area is 131 Å². The molecule has 3 rings (SSSR count). The first-order valence-corrected chi connectivity index (χ1v) is 8.11. The molecule has 1 aromatic carbocycles. The van der Waals surface area contributed by atoms with Gasteiger partial charge in [0.05, 0.1) is 30.2 Å². The number of ether oxygens (including phenoxy) is 2. The van der Waals surface area contributed by atoms with Crippen molar-refractivity contribution < 1.29 is 14.6 Å². The van der Waals surface area contributed by atoms with Crippen LogP contribution in [0, 0.1) is 6.92 Å². The van der Waals surface area contributed by atoms with Crippen LogP contribution in [0.4, 0.5) is 11.4 Å². The monoisotopic (exact) mass is 306 g/mol. The van der Waals surface area contributed by atoms with Crippen LogP contribution in [0.3, 0.4) is 0 Å². The summed E-state index contributed by atoms with van der Waals surface area (Å²) in [5, 5.41) is 14.1. The van der Waals surface area contributed by atoms with E-state index in [0.717, 1.165) is 37.1 Å². The standard InChI is InChI=1S/C17H26N2O3/c1-13-2-3-14(18)15(12-13)19-9-8-16(20)4-6-17(7-5-16)21-10-11-22-17/h2-3,12,19-20H,4-11,18H2,1H3. The summed E-state index contributed by atoms with van der Waals surface area (Å²) in [5.41, 5.74) is 8.19. The van der Waals surface area contributed by atoms with E-state index in [4.69, 9.17) is 15.2 Å². The number of hydrogen-bond donors (Lipinski definition) is 3. The Morgan fingerprint density at radius 2 is 1.86 bits per heavy atom. The molecule has 1 aliphatic carbocycles. The van der Waals surface area contributed by atoms with Gasteiger partial charge in [0, 0.05) is 19.4 Å². The minimum atomic E-state index is -0.633. The van der Waals surface area contributed by atoms with E-state index in [1.165, 1.54) is 5.56 Å². The van der Waals surface area contributed by atoms with Crippen LogP contribution < -0.4 is 11.1 Å². The van der Waals surface area contributed by atoms with Crippen LogP contribution in [0.25, 0.3) is 0 Å². The van der Waals surface area contributed by atoms with Crippen LogP contribution >= 0.6 is 0 Å². The van der Waals surface area contributed by atoms with E-state index in [2.05, 4.69) is 5.32 Å². The van der Waals surface area contributed by atoms with Gasteiger partial charge in [0.1, 0.15) is 0 Å². The van der Waals surface area contributed by atoms with Crippen molar-refractivity contribution in [2.45, 2.75) is 50.4 Å². The smallest absolute Gasteiger partial charge is 0.168 e. The van der Waals surface area contributed by atoms with Gasteiger partial charge >= 0.3 is 0 Å². The van der Waals surface area contributed by atoms with Gasteiger partial charge in [-0.2, -0.15) is 0 Å². The molecule has 0 unspecified atom stereocenters. The topological polar surface area (TPSA) is 76.7 Å². The molecule has 2 aliphatic rings. The Morgan fingerprint density at radius 3 is 2.55 bits per heavy atom. The third-order valence-corrected chi connectivity index (χ3v) is 4.87. The number of nitrogens with two attached hydrogens (primary N) is 1. The molecule has 0 atom stereocenters. The van der Waals surface area contributed by atoms with Crippen molar-refractivity contribution in [2.24, 2.45) is 0 Å². The predicted molar refractivity (Wildman–Crippen MR) is 86.8 cm³/mol. The van der Waals surface area contributed by atoms with Gasteiger partial charge in [-0.05, 0) is 43.9 Å². The molecule has 122 valence electrons. The fraction of sp³-hybridized carbons (Fsp3) is 0.647. The van der Waals surface area contributed by atoms with Crippen LogP contribution in [-0.4, -0.2) is 36.3 Å². The first-order valence-electron chi connectivity index (χ1n) is 8.11. The van der Waals surface area contributed by atoms with Gasteiger partial charge in [0.25, 0.3) is 0 Å². The van der Waals surface area contributed by atoms with Gasteiger partial charge in [-0.25, -0.2) is 0 Å². The van der Waals surface area contributed by atoms with Crippen LogP contribution in [-0.2, 0) is 9.47 Å². The number of nitrogen functional groups attached to an aromatic ring is 1. The number of rotatable bonds is 4. The molecule has 4 N–H and O–H groups in total. The van der Waals surface area contributed by atoms with Gasteiger partial charge < -0.3 is 25.6 Å². The highest BCUT2D eigenvalue weighted by atomic mass is 16.7. The lowest BCUT2D eigenvalue weighted by Gasteiger charge is -2.40. The maximum Gasteiger partial charge on any atom is 0.168 e. The Morgan fingerprint density at radius 1 is 1.18 bits per heavy atom. The molecule has 1 aromatic rings. The van der Waals surface area contributed by atoms with E-state index in [1.54, 1.807) is 0 Å². The maximum absolute atomic E-state index is 10.7. The molecule has 1 heterocycles. The van der Waals surface area contributed by atoms with Crippen LogP contribution in [0.15, 0.2) is 18.2 Å². The molecule has 0 amide bonds. The molecule has 1 spiro atoms. The van der Waals surface area contributed by atoms with Crippen molar-refractivity contribution >= 4 is 11.4 Å². The second kappa shape index (κ2) is 6.07. The number of aliphatic hydroxyl groups is 1. The van der Waals surface area contributed by atoms with E-state index < -0.39 is 11.4 Å². The molecule has 0 aromatic heterocycles. The summed E-state index contributed by atoms with van der Waals surface area (Å²) in [4.78, 5) is 0. The second-order valence-electron chi connectivity index (χ2n) is 6.60. The quantitative estimate of drug-likeness (QED) is 0.745. The fourth-order valence-corrected chi connectivity index (χ4v) is 3.39. The molecule has 5 nitrogen and oxygen atoms in total. The first kappa shape index (κ1) is 15.6. The lowest BCUT2D eigenvalue weighted by molar-refractivity contribution is -0.202. The van der Waals surface area contributed by atoms with E-state index in [9.17, 15) is 5.11 Å². The second-order valence-corrected chi connectivity index (χ2v) is 6.60. The Hall–Kier alpha value is -1.30. The average Bonchev–Trinajstić information content (AvgIpc) is 2.95. The molecule has 2 fully saturated rings. The summed E-state index contributed by atoms with van der Waals surface area (Å²) >= 11 is 0. The maximum atomic E-state index is 10.7.